The van der Waals surface area contributed by atoms with Gasteiger partial charge in [-0.3, -0.25) is 4.90 Å². The molecule has 0 aliphatic carbocycles. The summed E-state index contributed by atoms with van der Waals surface area (Å²) < 4.78 is 37.7. The van der Waals surface area contributed by atoms with Crippen LogP contribution in [0.1, 0.15) is 21.8 Å². The Bertz CT molecular complexity index is 646. The summed E-state index contributed by atoms with van der Waals surface area (Å²) in [7, 11) is 0. The third kappa shape index (κ3) is 3.99. The molecule has 0 radical (unpaired) electrons. The fraction of sp³-hybridized carbons (Fsp3) is 0.615. The number of aryl methyl sites for hydroxylation is 1. The van der Waals surface area contributed by atoms with Crippen LogP contribution in [0, 0.1) is 0 Å². The summed E-state index contributed by atoms with van der Waals surface area (Å²) in [6.45, 7) is 5.76. The van der Waals surface area contributed by atoms with Crippen LogP contribution in [-0.4, -0.2) is 46.3 Å². The Hall–Kier alpha value is -1.26. The quantitative estimate of drug-likeness (QED) is 0.836. The van der Waals surface area contributed by atoms with Gasteiger partial charge in [-0.2, -0.15) is 13.2 Å². The lowest BCUT2D eigenvalue weighted by Crippen LogP contribution is -2.45. The fourth-order valence-electron chi connectivity index (χ4n) is 2.33. The number of halogens is 3. The maximum atomic E-state index is 12.6. The Morgan fingerprint density at radius 3 is 2.43 bits per heavy atom. The maximum absolute atomic E-state index is 12.6. The van der Waals surface area contributed by atoms with Crippen LogP contribution in [0.5, 0.6) is 0 Å². The molecule has 2 aromatic heterocycles. The van der Waals surface area contributed by atoms with Gasteiger partial charge in [0.1, 0.15) is 5.01 Å². The first-order valence-corrected chi connectivity index (χ1v) is 8.90. The van der Waals surface area contributed by atoms with E-state index in [0.29, 0.717) is 29.6 Å². The van der Waals surface area contributed by atoms with Crippen molar-refractivity contribution in [3.8, 4) is 0 Å². The summed E-state index contributed by atoms with van der Waals surface area (Å²) in [5.74, 6) is 0. The van der Waals surface area contributed by atoms with E-state index in [1.165, 1.54) is 4.88 Å². The number of rotatable bonds is 4. The Labute approximate surface area is 139 Å². The van der Waals surface area contributed by atoms with Gasteiger partial charge in [-0.1, -0.05) is 18.3 Å². The van der Waals surface area contributed by atoms with Gasteiger partial charge in [-0.25, -0.2) is 4.98 Å². The van der Waals surface area contributed by atoms with Gasteiger partial charge in [0.2, 0.25) is 10.1 Å². The standard InChI is InChI=1S/C13H16F3N5S2/c1-2-9-7-17-10(22-9)8-20-3-5-21(6-4-20)12-19-18-11(23-12)13(14,15)16/h7H,2-6,8H2,1H3. The number of nitrogens with zero attached hydrogens (tertiary/aromatic N) is 5. The minimum atomic E-state index is -4.42. The topological polar surface area (TPSA) is 45.2 Å². The second-order valence-electron chi connectivity index (χ2n) is 5.22. The SMILES string of the molecule is CCc1cnc(CN2CCN(c3nnc(C(F)(F)F)s3)CC2)s1. The average molecular weight is 363 g/mol. The van der Waals surface area contributed by atoms with E-state index in [-0.39, 0.29) is 0 Å². The van der Waals surface area contributed by atoms with Crippen LogP contribution >= 0.6 is 22.7 Å². The van der Waals surface area contributed by atoms with Crippen molar-refractivity contribution in [3.05, 3.63) is 21.1 Å². The van der Waals surface area contributed by atoms with Crippen LogP contribution in [-0.2, 0) is 19.1 Å². The van der Waals surface area contributed by atoms with Crippen LogP contribution in [0.3, 0.4) is 0 Å². The van der Waals surface area contributed by atoms with Gasteiger partial charge < -0.3 is 4.90 Å². The molecule has 1 fully saturated rings. The monoisotopic (exact) mass is 363 g/mol. The minimum absolute atomic E-state index is 0.347. The number of alkyl halides is 3. The van der Waals surface area contributed by atoms with Gasteiger partial charge in [0.15, 0.2) is 0 Å². The summed E-state index contributed by atoms with van der Waals surface area (Å²) in [6.07, 6.45) is -1.51. The fourth-order valence-corrected chi connectivity index (χ4v) is 4.00. The maximum Gasteiger partial charge on any atom is 0.445 e. The normalized spacial score (nSPS) is 17.0. The predicted molar refractivity (Wildman–Crippen MR) is 83.9 cm³/mol. The van der Waals surface area contributed by atoms with Crippen molar-refractivity contribution >= 4 is 27.8 Å². The molecule has 3 rings (SSSR count). The minimum Gasteiger partial charge on any atom is -0.344 e. The summed E-state index contributed by atoms with van der Waals surface area (Å²) in [4.78, 5) is 9.81. The van der Waals surface area contributed by atoms with E-state index in [1.54, 1.807) is 11.3 Å². The second-order valence-corrected chi connectivity index (χ2v) is 7.38. The van der Waals surface area contributed by atoms with E-state index in [4.69, 9.17) is 0 Å². The highest BCUT2D eigenvalue weighted by Gasteiger charge is 2.36. The van der Waals surface area contributed by atoms with Crippen molar-refractivity contribution in [1.82, 2.24) is 20.1 Å². The third-order valence-corrected chi connectivity index (χ3v) is 5.76. The molecule has 0 N–H and O–H groups in total. The van der Waals surface area contributed by atoms with Crippen molar-refractivity contribution in [2.24, 2.45) is 0 Å². The highest BCUT2D eigenvalue weighted by Crippen LogP contribution is 2.34. The molecule has 5 nitrogen and oxygen atoms in total. The zero-order valence-electron chi connectivity index (χ0n) is 12.5. The zero-order chi connectivity index (χ0) is 16.4. The van der Waals surface area contributed by atoms with Crippen molar-refractivity contribution in [2.45, 2.75) is 26.1 Å². The van der Waals surface area contributed by atoms with E-state index in [1.807, 2.05) is 11.1 Å². The average Bonchev–Trinajstić information content (AvgIpc) is 3.16. The molecular weight excluding hydrogens is 347 g/mol. The van der Waals surface area contributed by atoms with Gasteiger partial charge in [-0.15, -0.1) is 21.5 Å². The van der Waals surface area contributed by atoms with Gasteiger partial charge in [0, 0.05) is 37.3 Å². The lowest BCUT2D eigenvalue weighted by molar-refractivity contribution is -0.138. The first kappa shape index (κ1) is 16.6. The van der Waals surface area contributed by atoms with E-state index in [9.17, 15) is 13.2 Å². The van der Waals surface area contributed by atoms with Crippen molar-refractivity contribution in [1.29, 1.82) is 0 Å². The largest absolute Gasteiger partial charge is 0.445 e. The number of hydrogen-bond donors (Lipinski definition) is 0. The Kier molecular flexibility index (Phi) is 4.83. The molecule has 0 saturated carbocycles. The summed E-state index contributed by atoms with van der Waals surface area (Å²) in [6, 6.07) is 0. The van der Waals surface area contributed by atoms with Gasteiger partial charge >= 0.3 is 6.18 Å². The number of thiazole rings is 1. The van der Waals surface area contributed by atoms with E-state index in [2.05, 4.69) is 27.0 Å². The molecule has 0 aromatic carbocycles. The Balaban J connectivity index is 1.55. The molecule has 0 spiro atoms. The van der Waals surface area contributed by atoms with Gasteiger partial charge in [0.05, 0.1) is 6.54 Å². The first-order chi connectivity index (χ1) is 11.0. The second kappa shape index (κ2) is 6.70. The smallest absolute Gasteiger partial charge is 0.344 e. The molecule has 3 heterocycles. The van der Waals surface area contributed by atoms with Gasteiger partial charge in [0.25, 0.3) is 0 Å². The van der Waals surface area contributed by atoms with Crippen molar-refractivity contribution in [2.75, 3.05) is 31.1 Å². The van der Waals surface area contributed by atoms with Crippen LogP contribution in [0.4, 0.5) is 18.3 Å². The van der Waals surface area contributed by atoms with E-state index >= 15 is 0 Å². The molecule has 2 aromatic rings. The van der Waals surface area contributed by atoms with Crippen LogP contribution in [0.15, 0.2) is 6.20 Å². The summed E-state index contributed by atoms with van der Waals surface area (Å²) in [5, 5.41) is 7.47. The number of hydrogen-bond acceptors (Lipinski definition) is 7. The van der Waals surface area contributed by atoms with Crippen LogP contribution in [0.25, 0.3) is 0 Å². The first-order valence-electron chi connectivity index (χ1n) is 7.27. The summed E-state index contributed by atoms with van der Waals surface area (Å²) in [5.41, 5.74) is 0. The highest BCUT2D eigenvalue weighted by atomic mass is 32.1. The Morgan fingerprint density at radius 1 is 1.13 bits per heavy atom. The number of piperazine rings is 1. The van der Waals surface area contributed by atoms with E-state index < -0.39 is 11.2 Å². The molecule has 1 saturated heterocycles. The molecule has 0 bridgehead atoms. The lowest BCUT2D eigenvalue weighted by atomic mass is 10.3. The zero-order valence-corrected chi connectivity index (χ0v) is 14.1. The van der Waals surface area contributed by atoms with E-state index in [0.717, 1.165) is 31.1 Å². The predicted octanol–water partition coefficient (Wildman–Crippen LogP) is 2.90. The molecule has 1 aliphatic rings. The molecule has 126 valence electrons. The molecule has 10 heteroatoms. The molecule has 1 aliphatic heterocycles. The van der Waals surface area contributed by atoms with Crippen molar-refractivity contribution < 1.29 is 13.2 Å². The summed E-state index contributed by atoms with van der Waals surface area (Å²) >= 11 is 2.33. The molecular formula is C13H16F3N5S2. The highest BCUT2D eigenvalue weighted by molar-refractivity contribution is 7.15. The van der Waals surface area contributed by atoms with Gasteiger partial charge in [-0.05, 0) is 6.42 Å². The van der Waals surface area contributed by atoms with Crippen LogP contribution < -0.4 is 4.90 Å². The third-order valence-electron chi connectivity index (χ3n) is 3.61. The number of anilines is 1. The lowest BCUT2D eigenvalue weighted by Gasteiger charge is -2.33. The number of aromatic nitrogens is 3. The Morgan fingerprint density at radius 2 is 1.87 bits per heavy atom. The molecule has 0 atom stereocenters. The molecule has 23 heavy (non-hydrogen) atoms. The van der Waals surface area contributed by atoms with Crippen LogP contribution in [0.2, 0.25) is 0 Å². The molecule has 0 unspecified atom stereocenters. The van der Waals surface area contributed by atoms with Crippen molar-refractivity contribution in [3.63, 3.8) is 0 Å². The molecule has 0 amide bonds.